The second kappa shape index (κ2) is 6.63. The van der Waals surface area contributed by atoms with Gasteiger partial charge >= 0.3 is 0 Å². The number of carbonyl (C=O) groups excluding carboxylic acids is 1. The van der Waals surface area contributed by atoms with Crippen LogP contribution in [0.25, 0.3) is 22.0 Å². The zero-order chi connectivity index (χ0) is 19.1. The van der Waals surface area contributed by atoms with Crippen molar-refractivity contribution in [1.82, 2.24) is 14.9 Å². The average Bonchev–Trinajstić information content (AvgIpc) is 2.96. The number of aromatic nitrogens is 2. The van der Waals surface area contributed by atoms with Gasteiger partial charge in [0.1, 0.15) is 11.6 Å². The lowest BCUT2D eigenvalue weighted by Crippen LogP contribution is -2.22. The predicted molar refractivity (Wildman–Crippen MR) is 107 cm³/mol. The van der Waals surface area contributed by atoms with Gasteiger partial charge in [0.25, 0.3) is 0 Å². The first-order valence-corrected chi connectivity index (χ1v) is 8.92. The Hall–Kier alpha value is -2.99. The van der Waals surface area contributed by atoms with Gasteiger partial charge in [-0.1, -0.05) is 0 Å². The summed E-state index contributed by atoms with van der Waals surface area (Å²) in [5.74, 6) is 1.40. The summed E-state index contributed by atoms with van der Waals surface area (Å²) in [6, 6.07) is 5.69. The van der Waals surface area contributed by atoms with Gasteiger partial charge in [-0.05, 0) is 39.2 Å². The minimum absolute atomic E-state index is 0.00220. The summed E-state index contributed by atoms with van der Waals surface area (Å²) in [5.41, 5.74) is 4.88. The Balaban J connectivity index is 1.99. The van der Waals surface area contributed by atoms with Crippen LogP contribution < -0.4 is 10.1 Å². The van der Waals surface area contributed by atoms with E-state index in [9.17, 15) is 4.79 Å². The number of anilines is 1. The number of carbonyl (C=O) groups is 1. The first kappa shape index (κ1) is 17.4. The summed E-state index contributed by atoms with van der Waals surface area (Å²) in [5, 5.41) is 4.31. The molecule has 0 atom stereocenters. The summed E-state index contributed by atoms with van der Waals surface area (Å²) in [6.45, 7) is 3.53. The van der Waals surface area contributed by atoms with Crippen LogP contribution in [0.4, 0.5) is 5.82 Å². The van der Waals surface area contributed by atoms with Crippen LogP contribution in [0.3, 0.4) is 0 Å². The van der Waals surface area contributed by atoms with Gasteiger partial charge in [-0.25, -0.2) is 4.98 Å². The van der Waals surface area contributed by atoms with Gasteiger partial charge in [0, 0.05) is 53.1 Å². The molecule has 0 amide bonds. The fourth-order valence-corrected chi connectivity index (χ4v) is 3.62. The highest BCUT2D eigenvalue weighted by Gasteiger charge is 2.32. The van der Waals surface area contributed by atoms with Crippen molar-refractivity contribution in [3.05, 3.63) is 47.3 Å². The van der Waals surface area contributed by atoms with Gasteiger partial charge in [-0.15, -0.1) is 0 Å². The number of methoxy groups -OCH3 is 1. The molecule has 0 unspecified atom stereocenters. The standard InChI is InChI=1S/C21H22N4O2/c1-12-16(27-4)6-5-14-17-15-11-22-8-7-13(15)20(26)18(17)21(24-19(12)14)23-9-10-25(2)3/h5-8,11H,9-10H2,1-4H3,(H,23,24). The summed E-state index contributed by atoms with van der Waals surface area (Å²) >= 11 is 0. The van der Waals surface area contributed by atoms with Gasteiger partial charge in [-0.3, -0.25) is 9.78 Å². The van der Waals surface area contributed by atoms with Crippen LogP contribution in [-0.2, 0) is 0 Å². The van der Waals surface area contributed by atoms with E-state index < -0.39 is 0 Å². The highest BCUT2D eigenvalue weighted by atomic mass is 16.5. The fraction of sp³-hybridized carbons (Fsp3) is 0.286. The highest BCUT2D eigenvalue weighted by molar-refractivity contribution is 6.28. The lowest BCUT2D eigenvalue weighted by molar-refractivity contribution is 0.104. The molecule has 1 aliphatic carbocycles. The van der Waals surface area contributed by atoms with E-state index in [-0.39, 0.29) is 5.78 Å². The molecule has 0 aliphatic heterocycles. The van der Waals surface area contributed by atoms with E-state index in [1.54, 1.807) is 25.6 Å². The van der Waals surface area contributed by atoms with E-state index in [1.807, 2.05) is 33.2 Å². The normalized spacial score (nSPS) is 12.4. The van der Waals surface area contributed by atoms with Crippen molar-refractivity contribution >= 4 is 22.5 Å². The third kappa shape index (κ3) is 2.73. The molecule has 6 heteroatoms. The minimum atomic E-state index is -0.00220. The average molecular weight is 362 g/mol. The Morgan fingerprint density at radius 3 is 2.70 bits per heavy atom. The number of ether oxygens (including phenoxy) is 1. The minimum Gasteiger partial charge on any atom is -0.496 e. The molecule has 2 aromatic heterocycles. The van der Waals surface area contributed by atoms with E-state index >= 15 is 0 Å². The van der Waals surface area contributed by atoms with Crippen molar-refractivity contribution in [1.29, 1.82) is 0 Å². The van der Waals surface area contributed by atoms with Crippen molar-refractivity contribution in [2.24, 2.45) is 0 Å². The molecule has 0 radical (unpaired) electrons. The van der Waals surface area contributed by atoms with Crippen molar-refractivity contribution in [3.63, 3.8) is 0 Å². The van der Waals surface area contributed by atoms with Gasteiger partial charge in [0.15, 0.2) is 5.78 Å². The summed E-state index contributed by atoms with van der Waals surface area (Å²) in [7, 11) is 5.68. The van der Waals surface area contributed by atoms with Crippen LogP contribution in [0.1, 0.15) is 21.5 Å². The lowest BCUT2D eigenvalue weighted by Gasteiger charge is -2.16. The topological polar surface area (TPSA) is 67.3 Å². The van der Waals surface area contributed by atoms with Gasteiger partial charge in [0.05, 0.1) is 18.2 Å². The summed E-state index contributed by atoms with van der Waals surface area (Å²) < 4.78 is 5.47. The smallest absolute Gasteiger partial charge is 0.198 e. The molecule has 0 saturated carbocycles. The van der Waals surface area contributed by atoms with Crippen molar-refractivity contribution < 1.29 is 9.53 Å². The predicted octanol–water partition coefficient (Wildman–Crippen LogP) is 3.13. The molecule has 0 spiro atoms. The second-order valence-corrected chi connectivity index (χ2v) is 6.98. The molecule has 4 rings (SSSR count). The Bertz CT molecular complexity index is 1060. The molecular formula is C21H22N4O2. The van der Waals surface area contributed by atoms with Crippen molar-refractivity contribution in [2.75, 3.05) is 39.6 Å². The summed E-state index contributed by atoms with van der Waals surface area (Å²) in [6.07, 6.45) is 3.42. The quantitative estimate of drug-likeness (QED) is 0.588. The molecule has 27 heavy (non-hydrogen) atoms. The van der Waals surface area contributed by atoms with E-state index in [2.05, 4.69) is 15.2 Å². The largest absolute Gasteiger partial charge is 0.496 e. The first-order valence-electron chi connectivity index (χ1n) is 8.92. The van der Waals surface area contributed by atoms with Gasteiger partial charge < -0.3 is 15.0 Å². The third-order valence-corrected chi connectivity index (χ3v) is 4.99. The molecule has 1 aromatic carbocycles. The van der Waals surface area contributed by atoms with Gasteiger partial charge in [-0.2, -0.15) is 0 Å². The maximum Gasteiger partial charge on any atom is 0.198 e. The number of nitrogens with zero attached hydrogens (tertiary/aromatic N) is 3. The molecule has 0 bridgehead atoms. The van der Waals surface area contributed by atoms with E-state index in [0.29, 0.717) is 23.5 Å². The van der Waals surface area contributed by atoms with Crippen LogP contribution in [0, 0.1) is 6.92 Å². The molecule has 0 saturated heterocycles. The van der Waals surface area contributed by atoms with Crippen LogP contribution in [0.15, 0.2) is 30.6 Å². The number of pyridine rings is 2. The SMILES string of the molecule is COc1ccc2c3c(c(NCCN(C)C)nc2c1C)C(=O)c1ccncc1-3. The number of benzene rings is 1. The third-order valence-electron chi connectivity index (χ3n) is 4.99. The molecule has 2 heterocycles. The lowest BCUT2D eigenvalue weighted by atomic mass is 9.99. The zero-order valence-corrected chi connectivity index (χ0v) is 16.0. The molecule has 1 aliphatic rings. The second-order valence-electron chi connectivity index (χ2n) is 6.98. The first-order chi connectivity index (χ1) is 13.0. The number of nitrogens with one attached hydrogen (secondary N) is 1. The van der Waals surface area contributed by atoms with Crippen LogP contribution in [0.5, 0.6) is 5.75 Å². The molecular weight excluding hydrogens is 340 g/mol. The van der Waals surface area contributed by atoms with Crippen LogP contribution in [-0.4, -0.2) is 54.9 Å². The Labute approximate surface area is 158 Å². The number of ketones is 1. The van der Waals surface area contributed by atoms with Crippen molar-refractivity contribution in [3.8, 4) is 16.9 Å². The van der Waals surface area contributed by atoms with E-state index in [4.69, 9.17) is 9.72 Å². The molecule has 6 nitrogen and oxygen atoms in total. The highest BCUT2D eigenvalue weighted by Crippen LogP contribution is 2.44. The number of hydrogen-bond acceptors (Lipinski definition) is 6. The Morgan fingerprint density at radius 1 is 1.15 bits per heavy atom. The maximum atomic E-state index is 13.1. The van der Waals surface area contributed by atoms with Crippen LogP contribution >= 0.6 is 0 Å². The van der Waals surface area contributed by atoms with Gasteiger partial charge in [0.2, 0.25) is 0 Å². The number of fused-ring (bicyclic) bond motifs is 5. The molecule has 1 N–H and O–H groups in total. The maximum absolute atomic E-state index is 13.1. The number of likely N-dealkylation sites (N-methyl/N-ethyl adjacent to an activating group) is 1. The summed E-state index contributed by atoms with van der Waals surface area (Å²) in [4.78, 5) is 24.3. The van der Waals surface area contributed by atoms with Crippen molar-refractivity contribution in [2.45, 2.75) is 6.92 Å². The molecule has 0 fully saturated rings. The monoisotopic (exact) mass is 362 g/mol. The van der Waals surface area contributed by atoms with E-state index in [0.717, 1.165) is 39.9 Å². The molecule has 138 valence electrons. The number of rotatable bonds is 5. The molecule has 3 aromatic rings. The zero-order valence-electron chi connectivity index (χ0n) is 16.0. The number of hydrogen-bond donors (Lipinski definition) is 1. The Kier molecular flexibility index (Phi) is 4.28. The van der Waals surface area contributed by atoms with E-state index in [1.165, 1.54) is 0 Å². The number of aryl methyl sites for hydroxylation is 1. The Morgan fingerprint density at radius 2 is 1.96 bits per heavy atom. The fourth-order valence-electron chi connectivity index (χ4n) is 3.62. The van der Waals surface area contributed by atoms with Crippen LogP contribution in [0.2, 0.25) is 0 Å².